The van der Waals surface area contributed by atoms with Crippen molar-refractivity contribution >= 4 is 35.8 Å². The highest BCUT2D eigenvalue weighted by atomic mass is 127. The summed E-state index contributed by atoms with van der Waals surface area (Å²) in [6.07, 6.45) is 3.79. The molecule has 1 saturated carbocycles. The maximum Gasteiger partial charge on any atom is 0.223 e. The Labute approximate surface area is 206 Å². The molecule has 0 bridgehead atoms. The van der Waals surface area contributed by atoms with Crippen LogP contribution in [0.2, 0.25) is 0 Å². The number of pyridine rings is 1. The van der Waals surface area contributed by atoms with Gasteiger partial charge in [-0.05, 0) is 37.5 Å². The SMILES string of the molecule is CCNC(=NCc1ccc(OCCOc2ccccc2)nc1)NCCNC(=O)C1CC1.I. The maximum atomic E-state index is 11.7. The van der Waals surface area contributed by atoms with Crippen molar-refractivity contribution in [3.63, 3.8) is 0 Å². The minimum atomic E-state index is 0. The minimum Gasteiger partial charge on any atom is -0.490 e. The molecule has 0 atom stereocenters. The van der Waals surface area contributed by atoms with Gasteiger partial charge in [-0.15, -0.1) is 24.0 Å². The van der Waals surface area contributed by atoms with Crippen LogP contribution in [0.1, 0.15) is 25.3 Å². The number of hydrogen-bond acceptors (Lipinski definition) is 5. The van der Waals surface area contributed by atoms with E-state index < -0.39 is 0 Å². The number of aromatic nitrogens is 1. The Balaban J connectivity index is 0.00000363. The predicted molar refractivity (Wildman–Crippen MR) is 136 cm³/mol. The van der Waals surface area contributed by atoms with E-state index in [0.717, 1.165) is 30.7 Å². The van der Waals surface area contributed by atoms with Crippen molar-refractivity contribution < 1.29 is 14.3 Å². The third-order valence-electron chi connectivity index (χ3n) is 4.57. The summed E-state index contributed by atoms with van der Waals surface area (Å²) in [5.74, 6) is 2.48. The first kappa shape index (κ1) is 25.7. The molecule has 0 saturated heterocycles. The zero-order valence-corrected chi connectivity index (χ0v) is 20.7. The van der Waals surface area contributed by atoms with Gasteiger partial charge in [0.2, 0.25) is 11.8 Å². The lowest BCUT2D eigenvalue weighted by molar-refractivity contribution is -0.122. The number of carbonyl (C=O) groups excluding carboxylic acids is 1. The Bertz CT molecular complexity index is 829. The van der Waals surface area contributed by atoms with Crippen LogP contribution in [0.15, 0.2) is 53.7 Å². The van der Waals surface area contributed by atoms with Crippen LogP contribution in [-0.2, 0) is 11.3 Å². The monoisotopic (exact) mass is 553 g/mol. The van der Waals surface area contributed by atoms with Crippen molar-refractivity contribution in [3.05, 3.63) is 54.2 Å². The summed E-state index contributed by atoms with van der Waals surface area (Å²) in [5, 5.41) is 9.37. The van der Waals surface area contributed by atoms with Crippen LogP contribution in [0, 0.1) is 5.92 Å². The van der Waals surface area contributed by atoms with E-state index >= 15 is 0 Å². The molecule has 1 amide bonds. The highest BCUT2D eigenvalue weighted by Crippen LogP contribution is 2.28. The van der Waals surface area contributed by atoms with E-state index in [0.29, 0.717) is 44.7 Å². The molecular formula is C23H32IN5O3. The summed E-state index contributed by atoms with van der Waals surface area (Å²) in [5.41, 5.74) is 0.979. The summed E-state index contributed by atoms with van der Waals surface area (Å²) in [6, 6.07) is 13.4. The van der Waals surface area contributed by atoms with Crippen molar-refractivity contribution in [2.75, 3.05) is 32.8 Å². The number of para-hydroxylation sites is 1. The lowest BCUT2D eigenvalue weighted by Gasteiger charge is -2.12. The van der Waals surface area contributed by atoms with Crippen LogP contribution in [0.5, 0.6) is 11.6 Å². The quantitative estimate of drug-likeness (QED) is 0.162. The molecule has 0 aliphatic heterocycles. The predicted octanol–water partition coefficient (Wildman–Crippen LogP) is 2.74. The first-order valence-electron chi connectivity index (χ1n) is 10.8. The van der Waals surface area contributed by atoms with Gasteiger partial charge in [-0.2, -0.15) is 0 Å². The van der Waals surface area contributed by atoms with Crippen molar-refractivity contribution in [2.24, 2.45) is 10.9 Å². The second-order valence-corrected chi connectivity index (χ2v) is 7.20. The Morgan fingerprint density at radius 3 is 2.47 bits per heavy atom. The molecule has 9 heteroatoms. The van der Waals surface area contributed by atoms with Gasteiger partial charge in [0, 0.05) is 37.8 Å². The van der Waals surface area contributed by atoms with Gasteiger partial charge in [-0.3, -0.25) is 4.79 Å². The molecule has 1 aromatic heterocycles. The largest absolute Gasteiger partial charge is 0.490 e. The summed E-state index contributed by atoms with van der Waals surface area (Å²) >= 11 is 0. The average Bonchev–Trinajstić information content (AvgIpc) is 3.65. The summed E-state index contributed by atoms with van der Waals surface area (Å²) in [7, 11) is 0. The lowest BCUT2D eigenvalue weighted by Crippen LogP contribution is -2.41. The molecule has 1 aliphatic carbocycles. The number of amides is 1. The smallest absolute Gasteiger partial charge is 0.223 e. The van der Waals surface area contributed by atoms with Gasteiger partial charge < -0.3 is 25.4 Å². The molecule has 2 aromatic rings. The standard InChI is InChI=1S/C23H31N5O3.HI/c1-2-24-23(26-13-12-25-22(29)19-9-10-19)28-17-18-8-11-21(27-16-18)31-15-14-30-20-6-4-3-5-7-20;/h3-8,11,16,19H,2,9-10,12-15,17H2,1H3,(H,25,29)(H2,24,26,28);1H. The van der Waals surface area contributed by atoms with Crippen molar-refractivity contribution in [3.8, 4) is 11.6 Å². The number of benzene rings is 1. The molecule has 1 fully saturated rings. The van der Waals surface area contributed by atoms with Crippen LogP contribution in [0.3, 0.4) is 0 Å². The molecule has 174 valence electrons. The summed E-state index contributed by atoms with van der Waals surface area (Å²) in [6.45, 7) is 5.36. The number of aliphatic imine (C=N–C) groups is 1. The summed E-state index contributed by atoms with van der Waals surface area (Å²) < 4.78 is 11.2. The van der Waals surface area contributed by atoms with E-state index in [-0.39, 0.29) is 35.8 Å². The number of halogens is 1. The molecule has 32 heavy (non-hydrogen) atoms. The lowest BCUT2D eigenvalue weighted by atomic mass is 10.3. The number of nitrogens with one attached hydrogen (secondary N) is 3. The van der Waals surface area contributed by atoms with Crippen molar-refractivity contribution in [1.82, 2.24) is 20.9 Å². The van der Waals surface area contributed by atoms with Crippen molar-refractivity contribution in [1.29, 1.82) is 0 Å². The van der Waals surface area contributed by atoms with E-state index in [9.17, 15) is 4.79 Å². The van der Waals surface area contributed by atoms with E-state index in [4.69, 9.17) is 9.47 Å². The summed E-state index contributed by atoms with van der Waals surface area (Å²) in [4.78, 5) is 20.5. The Morgan fingerprint density at radius 2 is 1.78 bits per heavy atom. The van der Waals surface area contributed by atoms with Crippen LogP contribution in [-0.4, -0.2) is 49.7 Å². The number of rotatable bonds is 12. The number of guanidine groups is 1. The van der Waals surface area contributed by atoms with Gasteiger partial charge in [-0.25, -0.2) is 9.98 Å². The number of carbonyl (C=O) groups is 1. The fourth-order valence-corrected chi connectivity index (χ4v) is 2.78. The Kier molecular flexibility index (Phi) is 11.6. The number of hydrogen-bond donors (Lipinski definition) is 3. The second-order valence-electron chi connectivity index (χ2n) is 7.20. The van der Waals surface area contributed by atoms with Crippen LogP contribution in [0.4, 0.5) is 0 Å². The van der Waals surface area contributed by atoms with Gasteiger partial charge in [0.25, 0.3) is 0 Å². The first-order valence-corrected chi connectivity index (χ1v) is 10.8. The molecule has 3 N–H and O–H groups in total. The topological polar surface area (TPSA) is 96.9 Å². The minimum absolute atomic E-state index is 0. The fraction of sp³-hybridized carbons (Fsp3) is 0.435. The van der Waals surface area contributed by atoms with E-state index in [1.807, 2.05) is 49.4 Å². The highest BCUT2D eigenvalue weighted by molar-refractivity contribution is 14.0. The van der Waals surface area contributed by atoms with Crippen LogP contribution < -0.4 is 25.4 Å². The Morgan fingerprint density at radius 1 is 1.03 bits per heavy atom. The number of nitrogens with zero attached hydrogens (tertiary/aromatic N) is 2. The number of ether oxygens (including phenoxy) is 2. The molecule has 1 heterocycles. The van der Waals surface area contributed by atoms with Crippen molar-refractivity contribution in [2.45, 2.75) is 26.3 Å². The zero-order valence-electron chi connectivity index (χ0n) is 18.4. The van der Waals surface area contributed by atoms with Crippen LogP contribution in [0.25, 0.3) is 0 Å². The van der Waals surface area contributed by atoms with Gasteiger partial charge >= 0.3 is 0 Å². The third kappa shape index (κ3) is 9.71. The maximum absolute atomic E-state index is 11.7. The van der Waals surface area contributed by atoms with Gasteiger partial charge in [0.1, 0.15) is 19.0 Å². The Hall–Kier alpha value is -2.56. The molecule has 0 spiro atoms. The second kappa shape index (κ2) is 14.5. The van der Waals surface area contributed by atoms with Crippen LogP contribution >= 0.6 is 24.0 Å². The van der Waals surface area contributed by atoms with Gasteiger partial charge in [-0.1, -0.05) is 24.3 Å². The van der Waals surface area contributed by atoms with Gasteiger partial charge in [0.15, 0.2) is 5.96 Å². The molecular weight excluding hydrogens is 521 g/mol. The molecule has 3 rings (SSSR count). The molecule has 1 aliphatic rings. The third-order valence-corrected chi connectivity index (χ3v) is 4.57. The van der Waals surface area contributed by atoms with E-state index in [2.05, 4.69) is 25.9 Å². The molecule has 8 nitrogen and oxygen atoms in total. The average molecular weight is 553 g/mol. The van der Waals surface area contributed by atoms with Gasteiger partial charge in [0.05, 0.1) is 6.54 Å². The fourth-order valence-electron chi connectivity index (χ4n) is 2.78. The van der Waals surface area contributed by atoms with E-state index in [1.54, 1.807) is 6.20 Å². The van der Waals surface area contributed by atoms with E-state index in [1.165, 1.54) is 0 Å². The highest BCUT2D eigenvalue weighted by Gasteiger charge is 2.28. The zero-order chi connectivity index (χ0) is 21.7. The normalized spacial score (nSPS) is 13.0. The molecule has 0 radical (unpaired) electrons. The first-order chi connectivity index (χ1) is 15.2. The molecule has 1 aromatic carbocycles. The molecule has 0 unspecified atom stereocenters.